The Balaban J connectivity index is 1.72. The molecule has 1 heterocycles. The number of carbonyl (C=O) groups excluding carboxylic acids is 2. The highest BCUT2D eigenvalue weighted by Gasteiger charge is 2.33. The van der Waals surface area contributed by atoms with Crippen LogP contribution in [0.1, 0.15) is 18.1 Å². The molecule has 206 valence electrons. The van der Waals surface area contributed by atoms with Gasteiger partial charge in [0.05, 0.1) is 11.4 Å². The van der Waals surface area contributed by atoms with Gasteiger partial charge in [-0.15, -0.1) is 0 Å². The molecule has 0 spiro atoms. The van der Waals surface area contributed by atoms with Gasteiger partial charge in [0, 0.05) is 30.6 Å². The fraction of sp³-hybridized carbons (Fsp3) is 0.286. The Hall–Kier alpha value is -3.57. The van der Waals surface area contributed by atoms with Crippen molar-refractivity contribution in [1.29, 1.82) is 0 Å². The van der Waals surface area contributed by atoms with E-state index in [1.54, 1.807) is 18.2 Å². The van der Waals surface area contributed by atoms with Gasteiger partial charge in [0.1, 0.15) is 12.6 Å². The quantitative estimate of drug-likeness (QED) is 0.352. The smallest absolute Gasteiger partial charge is 0.244 e. The van der Waals surface area contributed by atoms with E-state index in [0.29, 0.717) is 11.5 Å². The van der Waals surface area contributed by atoms with Gasteiger partial charge in [0.2, 0.25) is 28.6 Å². The molecule has 1 aliphatic rings. The van der Waals surface area contributed by atoms with Gasteiger partial charge in [-0.3, -0.25) is 13.9 Å². The summed E-state index contributed by atoms with van der Waals surface area (Å²) in [7, 11) is -2.35. The molecule has 2 amide bonds. The molecule has 0 saturated carbocycles. The first-order chi connectivity index (χ1) is 18.7. The molecule has 0 aliphatic carbocycles. The lowest BCUT2D eigenvalue weighted by Crippen LogP contribution is -2.53. The molecule has 1 aliphatic heterocycles. The Bertz CT molecular complexity index is 1420. The molecule has 3 aromatic carbocycles. The third-order valence-corrected chi connectivity index (χ3v) is 8.68. The minimum absolute atomic E-state index is 0.0342. The molecule has 4 rings (SSSR count). The van der Waals surface area contributed by atoms with Crippen molar-refractivity contribution < 1.29 is 27.5 Å². The molecule has 0 fully saturated rings. The van der Waals surface area contributed by atoms with Crippen LogP contribution in [-0.2, 0) is 32.6 Å². The third-order valence-electron chi connectivity index (χ3n) is 6.41. The fourth-order valence-electron chi connectivity index (χ4n) is 4.27. The summed E-state index contributed by atoms with van der Waals surface area (Å²) in [6.07, 6.45) is 0.257. The molecule has 3 aromatic rings. The van der Waals surface area contributed by atoms with Crippen molar-refractivity contribution in [2.24, 2.45) is 0 Å². The van der Waals surface area contributed by atoms with Crippen molar-refractivity contribution >= 4 is 43.5 Å². The van der Waals surface area contributed by atoms with Crippen LogP contribution in [0.25, 0.3) is 0 Å². The second-order valence-corrected chi connectivity index (χ2v) is 12.0. The zero-order valence-corrected chi connectivity index (χ0v) is 24.1. The third kappa shape index (κ3) is 6.90. The number of hydrogen-bond donors (Lipinski definition) is 1. The zero-order valence-electron chi connectivity index (χ0n) is 21.7. The second kappa shape index (κ2) is 12.5. The summed E-state index contributed by atoms with van der Waals surface area (Å²) in [6.45, 7) is 1.17. The monoisotopic (exact) mass is 615 g/mol. The number of amides is 2. The van der Waals surface area contributed by atoms with Crippen LogP contribution in [-0.4, -0.2) is 57.3 Å². The second-order valence-electron chi connectivity index (χ2n) is 8.91. The maximum atomic E-state index is 14.0. The van der Waals surface area contributed by atoms with Gasteiger partial charge in [-0.05, 0) is 42.3 Å². The maximum absolute atomic E-state index is 14.0. The van der Waals surface area contributed by atoms with Crippen LogP contribution in [0, 0.1) is 0 Å². The van der Waals surface area contributed by atoms with Gasteiger partial charge < -0.3 is 19.7 Å². The molecule has 1 N–H and O–H groups in total. The molecule has 39 heavy (non-hydrogen) atoms. The van der Waals surface area contributed by atoms with Crippen LogP contribution in [0.4, 0.5) is 5.69 Å². The normalized spacial score (nSPS) is 13.0. The Morgan fingerprint density at radius 2 is 1.67 bits per heavy atom. The van der Waals surface area contributed by atoms with E-state index in [9.17, 15) is 18.0 Å². The predicted octanol–water partition coefficient (Wildman–Crippen LogP) is 3.72. The van der Waals surface area contributed by atoms with Crippen molar-refractivity contribution in [2.45, 2.75) is 25.9 Å². The van der Waals surface area contributed by atoms with Gasteiger partial charge >= 0.3 is 0 Å². The number of carbonyl (C=O) groups is 2. The molecule has 0 unspecified atom stereocenters. The number of halogens is 1. The first-order valence-electron chi connectivity index (χ1n) is 12.4. The Morgan fingerprint density at radius 1 is 0.974 bits per heavy atom. The zero-order chi connectivity index (χ0) is 28.0. The minimum atomic E-state index is -3.87. The summed E-state index contributed by atoms with van der Waals surface area (Å²) >= 11 is 3.42. The standard InChI is InChI=1S/C28H30BrN3O6S/c1-3-39(35,36)32(23-13-14-25-26(16-23)38-19-37-25)18-27(33)31(17-21-9-11-22(29)12-10-21)24(28(34)30-2)15-20-7-5-4-6-8-20/h4-14,16,24H,3,15,17-19H2,1-2H3,(H,30,34)/t24-/m0/s1. The van der Waals surface area contributed by atoms with Crippen LogP contribution >= 0.6 is 15.9 Å². The average molecular weight is 617 g/mol. The van der Waals surface area contributed by atoms with E-state index in [1.807, 2.05) is 54.6 Å². The lowest BCUT2D eigenvalue weighted by molar-refractivity contribution is -0.139. The van der Waals surface area contributed by atoms with E-state index >= 15 is 0 Å². The molecule has 1 atom stereocenters. The molecular formula is C28H30BrN3O6S. The van der Waals surface area contributed by atoms with Crippen LogP contribution in [0.5, 0.6) is 11.5 Å². The first-order valence-corrected chi connectivity index (χ1v) is 14.8. The number of nitrogens with one attached hydrogen (secondary N) is 1. The highest BCUT2D eigenvalue weighted by molar-refractivity contribution is 9.10. The number of sulfonamides is 1. The lowest BCUT2D eigenvalue weighted by Gasteiger charge is -2.33. The molecule has 11 heteroatoms. The van der Waals surface area contributed by atoms with Crippen LogP contribution in [0.15, 0.2) is 77.3 Å². The summed E-state index contributed by atoms with van der Waals surface area (Å²) < 4.78 is 39.1. The van der Waals surface area contributed by atoms with E-state index in [2.05, 4.69) is 21.2 Å². The maximum Gasteiger partial charge on any atom is 0.244 e. The van der Waals surface area contributed by atoms with E-state index < -0.39 is 28.5 Å². The summed E-state index contributed by atoms with van der Waals surface area (Å²) in [5.74, 6) is -0.187. The number of rotatable bonds is 11. The van der Waals surface area contributed by atoms with Crippen molar-refractivity contribution in [1.82, 2.24) is 10.2 Å². The summed E-state index contributed by atoms with van der Waals surface area (Å²) in [6, 6.07) is 20.7. The van der Waals surface area contributed by atoms with E-state index in [-0.39, 0.29) is 37.1 Å². The van der Waals surface area contributed by atoms with E-state index in [4.69, 9.17) is 9.47 Å². The number of nitrogens with zero attached hydrogens (tertiary/aromatic N) is 2. The first kappa shape index (κ1) is 28.4. The number of hydrogen-bond acceptors (Lipinski definition) is 6. The van der Waals surface area contributed by atoms with Crippen LogP contribution in [0.3, 0.4) is 0 Å². The molecule has 9 nitrogen and oxygen atoms in total. The van der Waals surface area contributed by atoms with Gasteiger partial charge in [0.15, 0.2) is 11.5 Å². The number of ether oxygens (including phenoxy) is 2. The van der Waals surface area contributed by atoms with Crippen molar-refractivity contribution in [2.75, 3.05) is 30.4 Å². The average Bonchev–Trinajstić information content (AvgIpc) is 3.42. The predicted molar refractivity (Wildman–Crippen MR) is 152 cm³/mol. The summed E-state index contributed by atoms with van der Waals surface area (Å²) in [4.78, 5) is 28.6. The molecule has 0 aromatic heterocycles. The van der Waals surface area contributed by atoms with Crippen LogP contribution in [0.2, 0.25) is 0 Å². The SMILES string of the molecule is CCS(=O)(=O)N(CC(=O)N(Cc1ccc(Br)cc1)[C@@H](Cc1ccccc1)C(=O)NC)c1ccc2c(c1)OCO2. The Labute approximate surface area is 236 Å². The topological polar surface area (TPSA) is 105 Å². The molecule has 0 saturated heterocycles. The molecular weight excluding hydrogens is 586 g/mol. The number of likely N-dealkylation sites (N-methyl/N-ethyl adjacent to an activating group) is 1. The molecule has 0 bridgehead atoms. The highest BCUT2D eigenvalue weighted by Crippen LogP contribution is 2.36. The summed E-state index contributed by atoms with van der Waals surface area (Å²) in [5, 5.41) is 2.67. The van der Waals surface area contributed by atoms with Gasteiger partial charge in [-0.2, -0.15) is 0 Å². The van der Waals surface area contributed by atoms with Crippen molar-refractivity contribution in [3.63, 3.8) is 0 Å². The largest absolute Gasteiger partial charge is 0.454 e. The number of fused-ring (bicyclic) bond motifs is 1. The van der Waals surface area contributed by atoms with Gasteiger partial charge in [-0.25, -0.2) is 8.42 Å². The fourth-order valence-corrected chi connectivity index (χ4v) is 5.59. The molecule has 0 radical (unpaired) electrons. The summed E-state index contributed by atoms with van der Waals surface area (Å²) in [5.41, 5.74) is 1.94. The minimum Gasteiger partial charge on any atom is -0.454 e. The number of benzene rings is 3. The lowest BCUT2D eigenvalue weighted by atomic mass is 10.0. The van der Waals surface area contributed by atoms with Crippen molar-refractivity contribution in [3.8, 4) is 11.5 Å². The van der Waals surface area contributed by atoms with Gasteiger partial charge in [-0.1, -0.05) is 58.4 Å². The van der Waals surface area contributed by atoms with Crippen molar-refractivity contribution in [3.05, 3.63) is 88.4 Å². The number of anilines is 1. The van der Waals surface area contributed by atoms with E-state index in [0.717, 1.165) is 19.9 Å². The van der Waals surface area contributed by atoms with E-state index in [1.165, 1.54) is 18.9 Å². The Morgan fingerprint density at radius 3 is 2.33 bits per heavy atom. The van der Waals surface area contributed by atoms with Gasteiger partial charge in [0.25, 0.3) is 0 Å². The Kier molecular flexibility index (Phi) is 9.13. The van der Waals surface area contributed by atoms with Crippen LogP contribution < -0.4 is 19.1 Å². The highest BCUT2D eigenvalue weighted by atomic mass is 79.9.